The number of amides is 3. The third-order valence-electron chi connectivity index (χ3n) is 2.90. The smallest absolute Gasteiger partial charge is 0.328 e. The molecule has 0 saturated carbocycles. The van der Waals surface area contributed by atoms with Crippen LogP contribution in [-0.2, 0) is 4.84 Å². The van der Waals surface area contributed by atoms with Crippen LogP contribution >= 0.6 is 11.6 Å². The molecule has 3 N–H and O–H groups in total. The van der Waals surface area contributed by atoms with Crippen molar-refractivity contribution in [2.75, 3.05) is 12.4 Å². The van der Waals surface area contributed by atoms with Crippen LogP contribution in [0.25, 0.3) is 0 Å². The van der Waals surface area contributed by atoms with E-state index in [0.29, 0.717) is 16.4 Å². The van der Waals surface area contributed by atoms with Crippen LogP contribution in [-0.4, -0.2) is 30.4 Å². The van der Waals surface area contributed by atoms with E-state index in [4.69, 9.17) is 11.6 Å². The number of benzene rings is 1. The molecule has 0 unspecified atom stereocenters. The standard InChI is InChI=1S/C14H19ClN4O3/c1-9(19-22-13(21)16-4)14(2,3)18-12(20)17-11-7-5-10(15)6-8-11/h5-8H,1-4H3,(H,16,21)(H2,17,18,20)/b19-9+. The predicted molar refractivity (Wildman–Crippen MR) is 86.3 cm³/mol. The molecule has 3 amide bonds. The van der Waals surface area contributed by atoms with Crippen LogP contribution in [0.15, 0.2) is 29.4 Å². The first kappa shape index (κ1) is 17.8. The minimum absolute atomic E-state index is 0.415. The molecule has 0 fully saturated rings. The monoisotopic (exact) mass is 326 g/mol. The Kier molecular flexibility index (Phi) is 6.18. The Hall–Kier alpha value is -2.28. The van der Waals surface area contributed by atoms with E-state index >= 15 is 0 Å². The van der Waals surface area contributed by atoms with Crippen molar-refractivity contribution in [3.05, 3.63) is 29.3 Å². The van der Waals surface area contributed by atoms with E-state index in [1.54, 1.807) is 45.0 Å². The van der Waals surface area contributed by atoms with E-state index in [1.165, 1.54) is 7.05 Å². The van der Waals surface area contributed by atoms with Gasteiger partial charge in [-0.15, -0.1) is 0 Å². The van der Waals surface area contributed by atoms with Crippen molar-refractivity contribution in [3.63, 3.8) is 0 Å². The molecular formula is C14H19ClN4O3. The Bertz CT molecular complexity index is 570. The van der Waals surface area contributed by atoms with Crippen molar-refractivity contribution < 1.29 is 14.4 Å². The first-order valence-electron chi connectivity index (χ1n) is 6.53. The number of nitrogens with zero attached hydrogens (tertiary/aromatic N) is 1. The summed E-state index contributed by atoms with van der Waals surface area (Å²) in [5, 5.41) is 11.9. The molecule has 0 saturated heterocycles. The minimum atomic E-state index is -0.801. The van der Waals surface area contributed by atoms with Gasteiger partial charge in [-0.1, -0.05) is 16.8 Å². The van der Waals surface area contributed by atoms with E-state index in [-0.39, 0.29) is 0 Å². The Balaban J connectivity index is 2.64. The third-order valence-corrected chi connectivity index (χ3v) is 3.15. The highest BCUT2D eigenvalue weighted by atomic mass is 35.5. The summed E-state index contributed by atoms with van der Waals surface area (Å²) in [4.78, 5) is 27.6. The van der Waals surface area contributed by atoms with Gasteiger partial charge in [0.2, 0.25) is 0 Å². The van der Waals surface area contributed by atoms with Crippen LogP contribution in [0.1, 0.15) is 20.8 Å². The van der Waals surface area contributed by atoms with Gasteiger partial charge in [0.1, 0.15) is 0 Å². The number of rotatable bonds is 4. The van der Waals surface area contributed by atoms with Crippen molar-refractivity contribution in [2.24, 2.45) is 5.16 Å². The summed E-state index contributed by atoms with van der Waals surface area (Å²) in [5.74, 6) is 0. The molecule has 1 aromatic carbocycles. The first-order chi connectivity index (χ1) is 10.2. The Morgan fingerprint density at radius 1 is 1.23 bits per heavy atom. The molecule has 7 nitrogen and oxygen atoms in total. The van der Waals surface area contributed by atoms with Crippen molar-refractivity contribution in [3.8, 4) is 0 Å². The van der Waals surface area contributed by atoms with E-state index in [1.807, 2.05) is 0 Å². The second-order valence-electron chi connectivity index (χ2n) is 5.02. The molecule has 0 aromatic heterocycles. The van der Waals surface area contributed by atoms with Crippen molar-refractivity contribution in [1.82, 2.24) is 10.6 Å². The highest BCUT2D eigenvalue weighted by Crippen LogP contribution is 2.14. The van der Waals surface area contributed by atoms with Crippen LogP contribution in [0.4, 0.5) is 15.3 Å². The van der Waals surface area contributed by atoms with Gasteiger partial charge in [-0.2, -0.15) is 0 Å². The molecule has 1 rings (SSSR count). The second-order valence-corrected chi connectivity index (χ2v) is 5.45. The molecule has 0 aliphatic heterocycles. The summed E-state index contributed by atoms with van der Waals surface area (Å²) in [6, 6.07) is 6.30. The number of hydrogen-bond donors (Lipinski definition) is 3. The van der Waals surface area contributed by atoms with Gasteiger partial charge in [-0.25, -0.2) is 9.59 Å². The molecule has 8 heteroatoms. The predicted octanol–water partition coefficient (Wildman–Crippen LogP) is 2.97. The average Bonchev–Trinajstić information content (AvgIpc) is 2.46. The number of carbonyl (C=O) groups excluding carboxylic acids is 2. The zero-order chi connectivity index (χ0) is 16.8. The quantitative estimate of drug-likeness (QED) is 0.451. The Morgan fingerprint density at radius 3 is 2.36 bits per heavy atom. The summed E-state index contributed by atoms with van der Waals surface area (Å²) in [6.45, 7) is 5.12. The number of oxime groups is 1. The lowest BCUT2D eigenvalue weighted by atomic mass is 10.0. The van der Waals surface area contributed by atoms with Crippen LogP contribution < -0.4 is 16.0 Å². The summed E-state index contributed by atoms with van der Waals surface area (Å²) >= 11 is 5.78. The summed E-state index contributed by atoms with van der Waals surface area (Å²) < 4.78 is 0. The van der Waals surface area contributed by atoms with Gasteiger partial charge in [-0.05, 0) is 45.0 Å². The van der Waals surface area contributed by atoms with Crippen LogP contribution in [0.3, 0.4) is 0 Å². The van der Waals surface area contributed by atoms with Gasteiger partial charge in [-0.3, -0.25) is 4.84 Å². The van der Waals surface area contributed by atoms with E-state index in [2.05, 4.69) is 25.9 Å². The lowest BCUT2D eigenvalue weighted by molar-refractivity contribution is 0.152. The molecule has 0 spiro atoms. The molecule has 0 atom stereocenters. The maximum atomic E-state index is 12.0. The SMILES string of the molecule is CNC(=O)O/N=C(\C)C(C)(C)NC(=O)Nc1ccc(Cl)cc1. The van der Waals surface area contributed by atoms with Crippen molar-refractivity contribution in [2.45, 2.75) is 26.3 Å². The first-order valence-corrected chi connectivity index (χ1v) is 6.91. The molecule has 0 bridgehead atoms. The Morgan fingerprint density at radius 2 is 1.82 bits per heavy atom. The van der Waals surface area contributed by atoms with Crippen LogP contribution in [0.2, 0.25) is 5.02 Å². The summed E-state index contributed by atoms with van der Waals surface area (Å²) in [6.07, 6.45) is -0.680. The number of nitrogens with one attached hydrogen (secondary N) is 3. The van der Waals surface area contributed by atoms with E-state index in [0.717, 1.165) is 0 Å². The van der Waals surface area contributed by atoms with Gasteiger partial charge < -0.3 is 16.0 Å². The maximum absolute atomic E-state index is 12.0. The van der Waals surface area contributed by atoms with Crippen molar-refractivity contribution in [1.29, 1.82) is 0 Å². The van der Waals surface area contributed by atoms with Gasteiger partial charge in [0.05, 0.1) is 11.3 Å². The fourth-order valence-electron chi connectivity index (χ4n) is 1.34. The number of halogens is 1. The fraction of sp³-hybridized carbons (Fsp3) is 0.357. The largest absolute Gasteiger partial charge is 0.433 e. The van der Waals surface area contributed by atoms with Gasteiger partial charge in [0.15, 0.2) is 0 Å². The summed E-state index contributed by atoms with van der Waals surface area (Å²) in [5.41, 5.74) is 0.237. The molecule has 0 heterocycles. The van der Waals surface area contributed by atoms with Crippen molar-refractivity contribution >= 4 is 35.1 Å². The number of anilines is 1. The van der Waals surface area contributed by atoms with E-state index < -0.39 is 17.7 Å². The van der Waals surface area contributed by atoms with Gasteiger partial charge in [0.25, 0.3) is 0 Å². The van der Waals surface area contributed by atoms with Crippen LogP contribution in [0.5, 0.6) is 0 Å². The zero-order valence-electron chi connectivity index (χ0n) is 12.9. The average molecular weight is 327 g/mol. The molecule has 0 aliphatic carbocycles. The number of urea groups is 1. The third kappa shape index (κ3) is 5.61. The molecule has 0 aliphatic rings. The topological polar surface area (TPSA) is 91.8 Å². The molecule has 120 valence electrons. The normalized spacial score (nSPS) is 11.6. The number of hydrogen-bond acceptors (Lipinski definition) is 4. The lowest BCUT2D eigenvalue weighted by Crippen LogP contribution is -2.50. The molecule has 22 heavy (non-hydrogen) atoms. The van der Waals surface area contributed by atoms with Gasteiger partial charge >= 0.3 is 12.1 Å². The lowest BCUT2D eigenvalue weighted by Gasteiger charge is -2.25. The summed E-state index contributed by atoms with van der Waals surface area (Å²) in [7, 11) is 1.43. The fourth-order valence-corrected chi connectivity index (χ4v) is 1.47. The molecular weight excluding hydrogens is 308 g/mol. The highest BCUT2D eigenvalue weighted by Gasteiger charge is 2.25. The highest BCUT2D eigenvalue weighted by molar-refractivity contribution is 6.30. The Labute approximate surface area is 134 Å². The molecule has 0 radical (unpaired) electrons. The van der Waals surface area contributed by atoms with Crippen LogP contribution in [0, 0.1) is 0 Å². The minimum Gasteiger partial charge on any atom is -0.328 e. The molecule has 1 aromatic rings. The number of carbonyl (C=O) groups is 2. The zero-order valence-corrected chi connectivity index (χ0v) is 13.6. The van der Waals surface area contributed by atoms with E-state index in [9.17, 15) is 9.59 Å². The maximum Gasteiger partial charge on any atom is 0.433 e. The van der Waals surface area contributed by atoms with Gasteiger partial charge in [0, 0.05) is 17.8 Å². The second kappa shape index (κ2) is 7.65.